The van der Waals surface area contributed by atoms with Gasteiger partial charge in [-0.3, -0.25) is 9.52 Å². The predicted octanol–water partition coefficient (Wildman–Crippen LogP) is 3.19. The van der Waals surface area contributed by atoms with Gasteiger partial charge in [0.25, 0.3) is 0 Å². The topological polar surface area (TPSA) is 92.6 Å². The molecule has 1 fully saturated rings. The minimum atomic E-state index is -3.53. The zero-order valence-electron chi connectivity index (χ0n) is 16.4. The van der Waals surface area contributed by atoms with Crippen LogP contribution in [0.3, 0.4) is 0 Å². The van der Waals surface area contributed by atoms with Gasteiger partial charge in [-0.1, -0.05) is 26.2 Å². The first-order valence-corrected chi connectivity index (χ1v) is 11.8. The van der Waals surface area contributed by atoms with E-state index in [9.17, 15) is 13.2 Å². The smallest absolute Gasteiger partial charge is 0.234 e. The Morgan fingerprint density at radius 1 is 1.25 bits per heavy atom. The minimum absolute atomic E-state index is 0.00942. The molecule has 2 aromatic heterocycles. The Morgan fingerprint density at radius 3 is 2.79 bits per heavy atom. The molecule has 0 aliphatic heterocycles. The Balaban J connectivity index is 1.41. The highest BCUT2D eigenvalue weighted by Crippen LogP contribution is 2.31. The van der Waals surface area contributed by atoms with E-state index in [-0.39, 0.29) is 24.1 Å². The number of amides is 1. The van der Waals surface area contributed by atoms with Gasteiger partial charge in [-0.15, -0.1) is 0 Å². The largest absolute Gasteiger partial charge is 0.355 e. The van der Waals surface area contributed by atoms with Crippen molar-refractivity contribution in [3.05, 3.63) is 30.6 Å². The lowest BCUT2D eigenvalue weighted by atomic mass is 9.79. The molecule has 0 saturated heterocycles. The standard InChI is InChI=1S/C20H30N4O3S/c1-2-3-4-16-5-7-17(8-6-16)20(25)21-12-14-28(26,27)23-18-10-13-24-19(15-18)9-11-22-24/h9-11,13,15-17,23H,2-8,12,14H2,1H3,(H,21,25). The third-order valence-corrected chi connectivity index (χ3v) is 6.81. The molecule has 28 heavy (non-hydrogen) atoms. The van der Waals surface area contributed by atoms with Gasteiger partial charge in [0.2, 0.25) is 15.9 Å². The van der Waals surface area contributed by atoms with E-state index < -0.39 is 10.0 Å². The molecule has 0 radical (unpaired) electrons. The van der Waals surface area contributed by atoms with Crippen molar-refractivity contribution in [3.63, 3.8) is 0 Å². The maximum atomic E-state index is 12.3. The molecule has 1 aliphatic carbocycles. The Kier molecular flexibility index (Phi) is 6.93. The second-order valence-electron chi connectivity index (χ2n) is 7.69. The number of rotatable bonds is 9. The second-order valence-corrected chi connectivity index (χ2v) is 9.53. The number of anilines is 1. The van der Waals surface area contributed by atoms with Crippen LogP contribution in [0.1, 0.15) is 51.9 Å². The van der Waals surface area contributed by atoms with Crippen LogP contribution in [0, 0.1) is 11.8 Å². The fourth-order valence-electron chi connectivity index (χ4n) is 3.87. The third kappa shape index (κ3) is 5.70. The highest BCUT2D eigenvalue weighted by atomic mass is 32.2. The summed E-state index contributed by atoms with van der Waals surface area (Å²) in [7, 11) is -3.53. The van der Waals surface area contributed by atoms with Crippen molar-refractivity contribution in [2.45, 2.75) is 51.9 Å². The molecular formula is C20H30N4O3S. The molecule has 1 saturated carbocycles. The van der Waals surface area contributed by atoms with Crippen LogP contribution in [-0.2, 0) is 14.8 Å². The average Bonchev–Trinajstić information content (AvgIpc) is 3.14. The lowest BCUT2D eigenvalue weighted by Gasteiger charge is -2.27. The van der Waals surface area contributed by atoms with Crippen LogP contribution < -0.4 is 10.0 Å². The van der Waals surface area contributed by atoms with Crippen LogP contribution in [0.4, 0.5) is 5.69 Å². The molecule has 1 aliphatic rings. The zero-order chi connectivity index (χ0) is 20.0. The molecule has 8 heteroatoms. The Morgan fingerprint density at radius 2 is 2.04 bits per heavy atom. The molecule has 2 heterocycles. The normalized spacial score (nSPS) is 20.2. The SMILES string of the molecule is CCCCC1CCC(C(=O)NCCS(=O)(=O)Nc2ccn3nccc3c2)CC1. The number of hydrogen-bond acceptors (Lipinski definition) is 4. The summed E-state index contributed by atoms with van der Waals surface area (Å²) in [4.78, 5) is 12.3. The number of carbonyl (C=O) groups is 1. The van der Waals surface area contributed by atoms with E-state index in [0.717, 1.165) is 37.1 Å². The van der Waals surface area contributed by atoms with Crippen LogP contribution >= 0.6 is 0 Å². The van der Waals surface area contributed by atoms with Gasteiger partial charge in [0, 0.05) is 24.9 Å². The fourth-order valence-corrected chi connectivity index (χ4v) is 4.83. The van der Waals surface area contributed by atoms with Gasteiger partial charge in [-0.25, -0.2) is 12.9 Å². The molecule has 1 amide bonds. The summed E-state index contributed by atoms with van der Waals surface area (Å²) in [5.41, 5.74) is 1.30. The summed E-state index contributed by atoms with van der Waals surface area (Å²) in [6, 6.07) is 5.18. The van der Waals surface area contributed by atoms with Crippen molar-refractivity contribution >= 4 is 27.1 Å². The quantitative estimate of drug-likeness (QED) is 0.669. The molecule has 0 bridgehead atoms. The minimum Gasteiger partial charge on any atom is -0.355 e. The third-order valence-electron chi connectivity index (χ3n) is 5.53. The van der Waals surface area contributed by atoms with Crippen molar-refractivity contribution in [1.82, 2.24) is 14.9 Å². The molecule has 0 unspecified atom stereocenters. The molecule has 2 N–H and O–H groups in total. The van der Waals surface area contributed by atoms with E-state index >= 15 is 0 Å². The van der Waals surface area contributed by atoms with Crippen molar-refractivity contribution < 1.29 is 13.2 Å². The number of sulfonamides is 1. The molecule has 0 aromatic carbocycles. The number of aromatic nitrogens is 2. The molecule has 7 nitrogen and oxygen atoms in total. The summed E-state index contributed by atoms with van der Waals surface area (Å²) in [6.45, 7) is 2.33. The maximum Gasteiger partial charge on any atom is 0.234 e. The van der Waals surface area contributed by atoms with E-state index in [2.05, 4.69) is 22.1 Å². The number of fused-ring (bicyclic) bond motifs is 1. The molecule has 0 spiro atoms. The van der Waals surface area contributed by atoms with Gasteiger partial charge >= 0.3 is 0 Å². The van der Waals surface area contributed by atoms with Crippen molar-refractivity contribution in [2.75, 3.05) is 17.0 Å². The van der Waals surface area contributed by atoms with Gasteiger partial charge in [0.1, 0.15) is 0 Å². The van der Waals surface area contributed by atoms with Crippen LogP contribution in [0.15, 0.2) is 30.6 Å². The first-order chi connectivity index (χ1) is 13.5. The van der Waals surface area contributed by atoms with E-state index in [1.807, 2.05) is 0 Å². The summed E-state index contributed by atoms with van der Waals surface area (Å²) in [5, 5.41) is 6.89. The van der Waals surface area contributed by atoms with Crippen molar-refractivity contribution in [1.29, 1.82) is 0 Å². The average molecular weight is 407 g/mol. The van der Waals surface area contributed by atoms with Gasteiger partial charge < -0.3 is 5.32 Å². The van der Waals surface area contributed by atoms with E-state index in [1.54, 1.807) is 35.1 Å². The Hall–Kier alpha value is -2.09. The van der Waals surface area contributed by atoms with Crippen LogP contribution in [0.2, 0.25) is 0 Å². The van der Waals surface area contributed by atoms with E-state index in [1.165, 1.54) is 19.3 Å². The number of nitrogens with zero attached hydrogens (tertiary/aromatic N) is 2. The predicted molar refractivity (Wildman–Crippen MR) is 111 cm³/mol. The number of carbonyl (C=O) groups excluding carboxylic acids is 1. The second kappa shape index (κ2) is 9.41. The highest BCUT2D eigenvalue weighted by molar-refractivity contribution is 7.92. The summed E-state index contributed by atoms with van der Waals surface area (Å²) in [5.74, 6) is 0.624. The fraction of sp³-hybridized carbons (Fsp3) is 0.600. The summed E-state index contributed by atoms with van der Waals surface area (Å²) in [6.07, 6.45) is 11.1. The molecule has 154 valence electrons. The molecule has 0 atom stereocenters. The highest BCUT2D eigenvalue weighted by Gasteiger charge is 2.26. The van der Waals surface area contributed by atoms with E-state index in [4.69, 9.17) is 0 Å². The van der Waals surface area contributed by atoms with Gasteiger partial charge in [0.15, 0.2) is 0 Å². The summed E-state index contributed by atoms with van der Waals surface area (Å²) < 4.78 is 28.8. The number of hydrogen-bond donors (Lipinski definition) is 2. The van der Waals surface area contributed by atoms with Crippen molar-refractivity contribution in [2.24, 2.45) is 11.8 Å². The lowest BCUT2D eigenvalue weighted by Crippen LogP contribution is -2.36. The number of unbranched alkanes of at least 4 members (excludes halogenated alkanes) is 1. The van der Waals surface area contributed by atoms with Crippen LogP contribution in [-0.4, -0.2) is 36.2 Å². The van der Waals surface area contributed by atoms with Crippen LogP contribution in [0.5, 0.6) is 0 Å². The van der Waals surface area contributed by atoms with Gasteiger partial charge in [-0.2, -0.15) is 5.10 Å². The lowest BCUT2D eigenvalue weighted by molar-refractivity contribution is -0.126. The number of nitrogens with one attached hydrogen (secondary N) is 2. The Bertz CT molecular complexity index is 886. The number of pyridine rings is 1. The molecular weight excluding hydrogens is 376 g/mol. The molecule has 3 rings (SSSR count). The van der Waals surface area contributed by atoms with Gasteiger partial charge in [-0.05, 0) is 49.8 Å². The summed E-state index contributed by atoms with van der Waals surface area (Å²) >= 11 is 0. The van der Waals surface area contributed by atoms with Gasteiger partial charge in [0.05, 0.1) is 17.0 Å². The van der Waals surface area contributed by atoms with Crippen LogP contribution in [0.25, 0.3) is 5.52 Å². The Labute approximate surface area is 166 Å². The molecule has 2 aromatic rings. The monoisotopic (exact) mass is 406 g/mol. The first kappa shape index (κ1) is 20.6. The zero-order valence-corrected chi connectivity index (χ0v) is 17.2. The van der Waals surface area contributed by atoms with Crippen molar-refractivity contribution in [3.8, 4) is 0 Å². The first-order valence-electron chi connectivity index (χ1n) is 10.2. The maximum absolute atomic E-state index is 12.3. The van der Waals surface area contributed by atoms with E-state index in [0.29, 0.717) is 5.69 Å².